The third-order valence-electron chi connectivity index (χ3n) is 2.18. The molecule has 1 heterocycles. The molecule has 1 heteroatoms. The molecule has 1 aliphatic heterocycles. The van der Waals surface area contributed by atoms with Crippen molar-refractivity contribution in [1.29, 1.82) is 0 Å². The molecule has 0 aromatic carbocycles. The lowest BCUT2D eigenvalue weighted by Gasteiger charge is -2.29. The van der Waals surface area contributed by atoms with E-state index in [2.05, 4.69) is 17.7 Å². The first-order valence-electron chi connectivity index (χ1n) is 4.05. The Hall–Kier alpha value is -0.480. The normalized spacial score (nSPS) is 23.6. The van der Waals surface area contributed by atoms with E-state index in [0.29, 0.717) is 6.04 Å². The van der Waals surface area contributed by atoms with Gasteiger partial charge in [-0.1, -0.05) is 12.3 Å². The lowest BCUT2D eigenvalue weighted by Crippen LogP contribution is -2.36. The van der Waals surface area contributed by atoms with E-state index in [0.717, 1.165) is 0 Å². The third kappa shape index (κ3) is 1.75. The smallest absolute Gasteiger partial charge is 0.0683 e. The number of terminal acetylenes is 1. The number of hydrogen-bond acceptors (Lipinski definition) is 1. The summed E-state index contributed by atoms with van der Waals surface area (Å²) >= 11 is 0. The minimum absolute atomic E-state index is 0.347. The van der Waals surface area contributed by atoms with Crippen molar-refractivity contribution in [2.24, 2.45) is 0 Å². The molecule has 0 aromatic heterocycles. The summed E-state index contributed by atoms with van der Waals surface area (Å²) in [6.45, 7) is 4.50. The van der Waals surface area contributed by atoms with Gasteiger partial charge in [-0.15, -0.1) is 6.42 Å². The maximum atomic E-state index is 5.31. The second kappa shape index (κ2) is 3.63. The average Bonchev–Trinajstić information content (AvgIpc) is 2.05. The highest BCUT2D eigenvalue weighted by Gasteiger charge is 2.13. The van der Waals surface area contributed by atoms with Crippen LogP contribution < -0.4 is 0 Å². The van der Waals surface area contributed by atoms with Crippen LogP contribution in [0, 0.1) is 12.3 Å². The Morgan fingerprint density at radius 3 is 2.40 bits per heavy atom. The van der Waals surface area contributed by atoms with Gasteiger partial charge in [0.1, 0.15) is 0 Å². The van der Waals surface area contributed by atoms with Crippen LogP contribution in [-0.2, 0) is 0 Å². The van der Waals surface area contributed by atoms with Gasteiger partial charge in [-0.05, 0) is 32.9 Å². The van der Waals surface area contributed by atoms with Gasteiger partial charge >= 0.3 is 0 Å². The number of nitrogens with zero attached hydrogens (tertiary/aromatic N) is 1. The Balaban J connectivity index is 2.33. The standard InChI is InChI=1S/C9H15N/c1-3-9(2)10-7-5-4-6-8-10/h1,9H,4-8H2,2H3. The average molecular weight is 137 g/mol. The van der Waals surface area contributed by atoms with Crippen molar-refractivity contribution in [2.75, 3.05) is 13.1 Å². The summed E-state index contributed by atoms with van der Waals surface area (Å²) in [4.78, 5) is 2.38. The lowest BCUT2D eigenvalue weighted by atomic mass is 10.1. The predicted molar refractivity (Wildman–Crippen MR) is 43.7 cm³/mol. The highest BCUT2D eigenvalue weighted by molar-refractivity contribution is 4.97. The van der Waals surface area contributed by atoms with Gasteiger partial charge in [0.25, 0.3) is 0 Å². The van der Waals surface area contributed by atoms with E-state index in [4.69, 9.17) is 6.42 Å². The molecule has 0 aromatic rings. The maximum Gasteiger partial charge on any atom is 0.0683 e. The van der Waals surface area contributed by atoms with Crippen LogP contribution >= 0.6 is 0 Å². The molecule has 0 N–H and O–H groups in total. The molecule has 1 unspecified atom stereocenters. The van der Waals surface area contributed by atoms with E-state index >= 15 is 0 Å². The molecule has 10 heavy (non-hydrogen) atoms. The Morgan fingerprint density at radius 2 is 1.90 bits per heavy atom. The van der Waals surface area contributed by atoms with Gasteiger partial charge in [-0.25, -0.2) is 0 Å². The van der Waals surface area contributed by atoms with Crippen molar-refractivity contribution >= 4 is 0 Å². The van der Waals surface area contributed by atoms with Crippen LogP contribution in [0.5, 0.6) is 0 Å². The van der Waals surface area contributed by atoms with Gasteiger partial charge in [0, 0.05) is 0 Å². The molecule has 0 radical (unpaired) electrons. The monoisotopic (exact) mass is 137 g/mol. The van der Waals surface area contributed by atoms with E-state index in [9.17, 15) is 0 Å². The summed E-state index contributed by atoms with van der Waals surface area (Å²) in [5, 5.41) is 0. The Kier molecular flexibility index (Phi) is 2.77. The second-order valence-electron chi connectivity index (χ2n) is 2.94. The van der Waals surface area contributed by atoms with Crippen LogP contribution in [-0.4, -0.2) is 24.0 Å². The SMILES string of the molecule is C#CC(C)N1CCCCC1. The molecule has 1 nitrogen and oxygen atoms in total. The number of piperidine rings is 1. The van der Waals surface area contributed by atoms with Crippen molar-refractivity contribution in [3.8, 4) is 12.3 Å². The van der Waals surface area contributed by atoms with Crippen LogP contribution in [0.15, 0.2) is 0 Å². The van der Waals surface area contributed by atoms with Gasteiger partial charge in [0.15, 0.2) is 0 Å². The topological polar surface area (TPSA) is 3.24 Å². The first-order chi connectivity index (χ1) is 4.84. The van der Waals surface area contributed by atoms with Gasteiger partial charge in [0.2, 0.25) is 0 Å². The van der Waals surface area contributed by atoms with Gasteiger partial charge in [0.05, 0.1) is 6.04 Å². The van der Waals surface area contributed by atoms with E-state index in [1.165, 1.54) is 32.4 Å². The molecule has 1 saturated heterocycles. The van der Waals surface area contributed by atoms with E-state index in [-0.39, 0.29) is 0 Å². The van der Waals surface area contributed by atoms with Crippen molar-refractivity contribution in [1.82, 2.24) is 4.90 Å². The first kappa shape index (κ1) is 7.63. The van der Waals surface area contributed by atoms with Gasteiger partial charge < -0.3 is 0 Å². The zero-order chi connectivity index (χ0) is 7.40. The largest absolute Gasteiger partial charge is 0.290 e. The summed E-state index contributed by atoms with van der Waals surface area (Å²) < 4.78 is 0. The van der Waals surface area contributed by atoms with Gasteiger partial charge in [-0.3, -0.25) is 4.90 Å². The summed E-state index contributed by atoms with van der Waals surface area (Å²) in [6.07, 6.45) is 9.34. The zero-order valence-corrected chi connectivity index (χ0v) is 6.64. The van der Waals surface area contributed by atoms with Crippen molar-refractivity contribution in [3.05, 3.63) is 0 Å². The van der Waals surface area contributed by atoms with Crippen molar-refractivity contribution in [3.63, 3.8) is 0 Å². The summed E-state index contributed by atoms with van der Waals surface area (Å²) in [5.41, 5.74) is 0. The highest BCUT2D eigenvalue weighted by atomic mass is 15.1. The Labute approximate surface area is 63.4 Å². The zero-order valence-electron chi connectivity index (χ0n) is 6.64. The second-order valence-corrected chi connectivity index (χ2v) is 2.94. The molecular formula is C9H15N. The molecule has 1 rings (SSSR count). The quantitative estimate of drug-likeness (QED) is 0.495. The number of rotatable bonds is 1. The van der Waals surface area contributed by atoms with Crippen molar-refractivity contribution < 1.29 is 0 Å². The molecular weight excluding hydrogens is 122 g/mol. The molecule has 1 fully saturated rings. The fourth-order valence-electron chi connectivity index (χ4n) is 1.41. The molecule has 56 valence electrons. The molecule has 1 aliphatic rings. The number of likely N-dealkylation sites (tertiary alicyclic amines) is 1. The lowest BCUT2D eigenvalue weighted by molar-refractivity contribution is 0.206. The maximum absolute atomic E-state index is 5.31. The summed E-state index contributed by atoms with van der Waals surface area (Å²) in [7, 11) is 0. The van der Waals surface area contributed by atoms with Crippen LogP contribution in [0.25, 0.3) is 0 Å². The summed E-state index contributed by atoms with van der Waals surface area (Å²) in [6, 6.07) is 0.347. The first-order valence-corrected chi connectivity index (χ1v) is 4.05. The van der Waals surface area contributed by atoms with Gasteiger partial charge in [-0.2, -0.15) is 0 Å². The fourth-order valence-corrected chi connectivity index (χ4v) is 1.41. The van der Waals surface area contributed by atoms with E-state index < -0.39 is 0 Å². The molecule has 0 aliphatic carbocycles. The molecule has 0 spiro atoms. The molecule has 1 atom stereocenters. The highest BCUT2D eigenvalue weighted by Crippen LogP contribution is 2.10. The summed E-state index contributed by atoms with van der Waals surface area (Å²) in [5.74, 6) is 2.76. The minimum atomic E-state index is 0.347. The van der Waals surface area contributed by atoms with Crippen LogP contribution in [0.4, 0.5) is 0 Å². The molecule has 0 amide bonds. The third-order valence-corrected chi connectivity index (χ3v) is 2.18. The van der Waals surface area contributed by atoms with Crippen LogP contribution in [0.3, 0.4) is 0 Å². The fraction of sp³-hybridized carbons (Fsp3) is 0.778. The van der Waals surface area contributed by atoms with Crippen LogP contribution in [0.2, 0.25) is 0 Å². The van der Waals surface area contributed by atoms with Crippen LogP contribution in [0.1, 0.15) is 26.2 Å². The molecule has 0 saturated carbocycles. The molecule has 0 bridgehead atoms. The Bertz CT molecular complexity index is 128. The van der Waals surface area contributed by atoms with Crippen molar-refractivity contribution in [2.45, 2.75) is 32.2 Å². The number of hydrogen-bond donors (Lipinski definition) is 0. The minimum Gasteiger partial charge on any atom is -0.290 e. The van der Waals surface area contributed by atoms with E-state index in [1.54, 1.807) is 0 Å². The van der Waals surface area contributed by atoms with E-state index in [1.807, 2.05) is 0 Å². The predicted octanol–water partition coefficient (Wildman–Crippen LogP) is 1.49. The Morgan fingerprint density at radius 1 is 1.30 bits per heavy atom.